The van der Waals surface area contributed by atoms with Crippen LogP contribution in [0, 0.1) is 12.7 Å². The fourth-order valence-electron chi connectivity index (χ4n) is 3.15. The molecule has 4 aromatic rings. The number of amides is 1. The van der Waals surface area contributed by atoms with Crippen LogP contribution in [0.25, 0.3) is 11.3 Å². The number of benzene rings is 3. The maximum Gasteiger partial charge on any atom is 0.289 e. The quantitative estimate of drug-likeness (QED) is 0.291. The van der Waals surface area contributed by atoms with E-state index in [0.717, 1.165) is 11.1 Å². The van der Waals surface area contributed by atoms with E-state index in [1.807, 2.05) is 43.3 Å². The van der Waals surface area contributed by atoms with Crippen molar-refractivity contribution < 1.29 is 18.7 Å². The van der Waals surface area contributed by atoms with Crippen LogP contribution in [0.3, 0.4) is 0 Å². The lowest BCUT2D eigenvalue weighted by atomic mass is 10.1. The highest BCUT2D eigenvalue weighted by Crippen LogP contribution is 2.32. The van der Waals surface area contributed by atoms with Crippen molar-refractivity contribution >= 4 is 12.1 Å². The standard InChI is InChI=1S/C26H23FN4O3/c1-17-3-5-19(6-4-17)16-34-24-12-9-20(13-25(24)33-2)22-14-23(30-29-22)26(32)31-28-15-18-7-10-21(27)11-8-18/h3-15H,16H2,1-2H3,(H,29,30)(H,31,32)/b28-15-. The molecule has 7 nitrogen and oxygen atoms in total. The average molecular weight is 458 g/mol. The van der Waals surface area contributed by atoms with Gasteiger partial charge in [0.2, 0.25) is 0 Å². The second kappa shape index (κ2) is 10.4. The van der Waals surface area contributed by atoms with Crippen LogP contribution in [-0.4, -0.2) is 29.4 Å². The molecular weight excluding hydrogens is 435 g/mol. The van der Waals surface area contributed by atoms with Gasteiger partial charge in [0.25, 0.3) is 5.91 Å². The van der Waals surface area contributed by atoms with Gasteiger partial charge in [-0.05, 0) is 54.4 Å². The van der Waals surface area contributed by atoms with Crippen LogP contribution in [0.15, 0.2) is 77.9 Å². The van der Waals surface area contributed by atoms with E-state index in [2.05, 4.69) is 20.7 Å². The number of hydrogen-bond acceptors (Lipinski definition) is 5. The Kier molecular flexibility index (Phi) is 6.98. The van der Waals surface area contributed by atoms with Crippen molar-refractivity contribution in [3.63, 3.8) is 0 Å². The summed E-state index contributed by atoms with van der Waals surface area (Å²) in [6, 6.07) is 20.9. The van der Waals surface area contributed by atoms with Crippen molar-refractivity contribution in [2.24, 2.45) is 5.10 Å². The van der Waals surface area contributed by atoms with Gasteiger partial charge in [0.15, 0.2) is 11.5 Å². The van der Waals surface area contributed by atoms with Crippen LogP contribution in [0.4, 0.5) is 4.39 Å². The lowest BCUT2D eigenvalue weighted by Gasteiger charge is -2.12. The Balaban J connectivity index is 1.41. The minimum Gasteiger partial charge on any atom is -0.493 e. The molecule has 3 aromatic carbocycles. The second-order valence-electron chi connectivity index (χ2n) is 7.56. The van der Waals surface area contributed by atoms with Gasteiger partial charge in [0, 0.05) is 5.56 Å². The lowest BCUT2D eigenvalue weighted by molar-refractivity contribution is 0.0950. The van der Waals surface area contributed by atoms with E-state index in [-0.39, 0.29) is 11.5 Å². The predicted octanol–water partition coefficient (Wildman–Crippen LogP) is 4.88. The third-order valence-electron chi connectivity index (χ3n) is 5.05. The number of rotatable bonds is 8. The van der Waals surface area contributed by atoms with Crippen LogP contribution >= 0.6 is 0 Å². The first-order valence-corrected chi connectivity index (χ1v) is 10.5. The Hall–Kier alpha value is -4.46. The summed E-state index contributed by atoms with van der Waals surface area (Å²) in [5.74, 6) is 0.369. The number of halogens is 1. The molecule has 0 fully saturated rings. The SMILES string of the molecule is COc1cc(-c2cc(C(=O)N/N=C\c3ccc(F)cc3)[nH]n2)ccc1OCc1ccc(C)cc1. The molecule has 0 aliphatic rings. The molecule has 2 N–H and O–H groups in total. The number of carbonyl (C=O) groups is 1. The molecule has 0 unspecified atom stereocenters. The van der Waals surface area contributed by atoms with Crippen LogP contribution in [0.5, 0.6) is 11.5 Å². The smallest absolute Gasteiger partial charge is 0.289 e. The van der Waals surface area contributed by atoms with Crippen molar-refractivity contribution in [1.82, 2.24) is 15.6 Å². The molecular formula is C26H23FN4O3. The van der Waals surface area contributed by atoms with Gasteiger partial charge in [-0.3, -0.25) is 9.89 Å². The first kappa shape index (κ1) is 22.7. The topological polar surface area (TPSA) is 88.6 Å². The van der Waals surface area contributed by atoms with Gasteiger partial charge in [-0.1, -0.05) is 42.0 Å². The number of ether oxygens (including phenoxy) is 2. The number of carbonyl (C=O) groups excluding carboxylic acids is 1. The van der Waals surface area contributed by atoms with E-state index in [4.69, 9.17) is 9.47 Å². The molecule has 1 amide bonds. The molecule has 0 bridgehead atoms. The van der Waals surface area contributed by atoms with Crippen LogP contribution in [-0.2, 0) is 6.61 Å². The fraction of sp³-hybridized carbons (Fsp3) is 0.115. The van der Waals surface area contributed by atoms with Gasteiger partial charge < -0.3 is 9.47 Å². The van der Waals surface area contributed by atoms with Gasteiger partial charge in [-0.15, -0.1) is 0 Å². The number of nitrogens with zero attached hydrogens (tertiary/aromatic N) is 2. The molecule has 0 atom stereocenters. The molecule has 0 spiro atoms. The van der Waals surface area contributed by atoms with Crippen molar-refractivity contribution in [1.29, 1.82) is 0 Å². The van der Waals surface area contributed by atoms with Crippen molar-refractivity contribution in [2.45, 2.75) is 13.5 Å². The minimum atomic E-state index is -0.456. The largest absolute Gasteiger partial charge is 0.493 e. The van der Waals surface area contributed by atoms with Gasteiger partial charge >= 0.3 is 0 Å². The van der Waals surface area contributed by atoms with Crippen LogP contribution in [0.1, 0.15) is 27.2 Å². The third kappa shape index (κ3) is 5.66. The molecule has 8 heteroatoms. The number of methoxy groups -OCH3 is 1. The van der Waals surface area contributed by atoms with Gasteiger partial charge in [0.1, 0.15) is 18.1 Å². The predicted molar refractivity (Wildman–Crippen MR) is 128 cm³/mol. The lowest BCUT2D eigenvalue weighted by Crippen LogP contribution is -2.17. The Labute approximate surface area is 196 Å². The van der Waals surface area contributed by atoms with E-state index >= 15 is 0 Å². The van der Waals surface area contributed by atoms with E-state index in [1.165, 1.54) is 23.9 Å². The maximum atomic E-state index is 13.0. The Morgan fingerprint density at radius 1 is 1.06 bits per heavy atom. The molecule has 0 aliphatic carbocycles. The summed E-state index contributed by atoms with van der Waals surface area (Å²) in [6.07, 6.45) is 1.43. The number of aromatic nitrogens is 2. The second-order valence-corrected chi connectivity index (χ2v) is 7.56. The van der Waals surface area contributed by atoms with Crippen molar-refractivity contribution in [3.8, 4) is 22.8 Å². The maximum absolute atomic E-state index is 13.0. The normalized spacial score (nSPS) is 10.9. The first-order chi connectivity index (χ1) is 16.5. The summed E-state index contributed by atoms with van der Waals surface area (Å²) >= 11 is 0. The summed E-state index contributed by atoms with van der Waals surface area (Å²) in [5.41, 5.74) is 6.88. The molecule has 0 saturated heterocycles. The van der Waals surface area contributed by atoms with Crippen LogP contribution in [0.2, 0.25) is 0 Å². The summed E-state index contributed by atoms with van der Waals surface area (Å²) in [7, 11) is 1.57. The minimum absolute atomic E-state index is 0.241. The first-order valence-electron chi connectivity index (χ1n) is 10.5. The fourth-order valence-corrected chi connectivity index (χ4v) is 3.15. The number of aryl methyl sites for hydroxylation is 1. The Bertz CT molecular complexity index is 1300. The molecule has 34 heavy (non-hydrogen) atoms. The van der Waals surface area contributed by atoms with E-state index in [0.29, 0.717) is 29.4 Å². The molecule has 1 heterocycles. The highest BCUT2D eigenvalue weighted by molar-refractivity contribution is 5.94. The Morgan fingerprint density at radius 3 is 2.56 bits per heavy atom. The van der Waals surface area contributed by atoms with E-state index < -0.39 is 5.91 Å². The molecule has 0 radical (unpaired) electrons. The molecule has 4 rings (SSSR count). The van der Waals surface area contributed by atoms with Gasteiger partial charge in [-0.2, -0.15) is 10.2 Å². The average Bonchev–Trinajstić information content (AvgIpc) is 3.35. The van der Waals surface area contributed by atoms with Gasteiger partial charge in [0.05, 0.1) is 19.0 Å². The molecule has 0 aliphatic heterocycles. The highest BCUT2D eigenvalue weighted by Gasteiger charge is 2.13. The molecule has 172 valence electrons. The summed E-state index contributed by atoms with van der Waals surface area (Å²) in [5, 5.41) is 10.8. The number of H-pyrrole nitrogens is 1. The zero-order valence-electron chi connectivity index (χ0n) is 18.7. The highest BCUT2D eigenvalue weighted by atomic mass is 19.1. The monoisotopic (exact) mass is 458 g/mol. The summed E-state index contributed by atoms with van der Waals surface area (Å²) < 4.78 is 24.4. The molecule has 0 saturated carbocycles. The number of hydrogen-bond donors (Lipinski definition) is 2. The summed E-state index contributed by atoms with van der Waals surface area (Å²) in [6.45, 7) is 2.46. The van der Waals surface area contributed by atoms with E-state index in [1.54, 1.807) is 31.4 Å². The van der Waals surface area contributed by atoms with Crippen molar-refractivity contribution in [2.75, 3.05) is 7.11 Å². The zero-order valence-corrected chi connectivity index (χ0v) is 18.7. The van der Waals surface area contributed by atoms with Crippen LogP contribution < -0.4 is 14.9 Å². The van der Waals surface area contributed by atoms with E-state index in [9.17, 15) is 9.18 Å². The number of aromatic amines is 1. The third-order valence-corrected chi connectivity index (χ3v) is 5.05. The van der Waals surface area contributed by atoms with Crippen molar-refractivity contribution in [3.05, 3.63) is 101 Å². The zero-order chi connectivity index (χ0) is 23.9. The Morgan fingerprint density at radius 2 is 1.82 bits per heavy atom. The number of nitrogens with one attached hydrogen (secondary N) is 2. The van der Waals surface area contributed by atoms with Gasteiger partial charge in [-0.25, -0.2) is 9.82 Å². The summed E-state index contributed by atoms with van der Waals surface area (Å²) in [4.78, 5) is 12.4. The molecule has 1 aromatic heterocycles. The number of hydrazone groups is 1.